The fraction of sp³-hybridized carbons (Fsp3) is 0.250. The van der Waals surface area contributed by atoms with Crippen molar-refractivity contribution >= 4 is 21.6 Å². The van der Waals surface area contributed by atoms with Crippen molar-refractivity contribution in [2.24, 2.45) is 0 Å². The summed E-state index contributed by atoms with van der Waals surface area (Å²) in [6.45, 7) is 2.00. The molecule has 2 nitrogen and oxygen atoms in total. The third kappa shape index (κ3) is 4.69. The molecule has 0 aliphatic carbocycles. The van der Waals surface area contributed by atoms with Crippen LogP contribution in [-0.2, 0) is 13.0 Å². The number of nitrogens with zero attached hydrogens (tertiary/aromatic N) is 1. The molecular weight excluding hydrogens is 300 g/mol. The van der Waals surface area contributed by atoms with Gasteiger partial charge in [0.05, 0.1) is 0 Å². The summed E-state index contributed by atoms with van der Waals surface area (Å²) in [6.07, 6.45) is 1.05. The first-order chi connectivity index (χ1) is 9.13. The molecule has 0 atom stereocenters. The van der Waals surface area contributed by atoms with Crippen molar-refractivity contribution in [2.45, 2.75) is 13.0 Å². The lowest BCUT2D eigenvalue weighted by Gasteiger charge is -2.17. The maximum Gasteiger partial charge on any atom is 0.0314 e. The number of benzene rings is 2. The molecule has 0 fully saturated rings. The molecule has 2 rings (SSSR count). The fourth-order valence-corrected chi connectivity index (χ4v) is 2.48. The monoisotopic (exact) mass is 318 g/mol. The number of likely N-dealkylation sites (N-methyl/N-ethyl adjacent to an activating group) is 1. The summed E-state index contributed by atoms with van der Waals surface area (Å²) in [5.41, 5.74) is 9.17. The Morgan fingerprint density at radius 3 is 2.47 bits per heavy atom. The van der Waals surface area contributed by atoms with Gasteiger partial charge >= 0.3 is 0 Å². The Hall–Kier alpha value is -1.32. The highest BCUT2D eigenvalue weighted by atomic mass is 79.9. The fourth-order valence-electron chi connectivity index (χ4n) is 2.03. The molecule has 0 spiro atoms. The molecule has 2 aromatic carbocycles. The van der Waals surface area contributed by atoms with Crippen LogP contribution in [0.15, 0.2) is 53.0 Å². The van der Waals surface area contributed by atoms with E-state index < -0.39 is 0 Å². The summed E-state index contributed by atoms with van der Waals surface area (Å²) in [6, 6.07) is 16.6. The largest absolute Gasteiger partial charge is 0.399 e. The van der Waals surface area contributed by atoms with Gasteiger partial charge in [-0.05, 0) is 48.9 Å². The lowest BCUT2D eigenvalue weighted by Crippen LogP contribution is -2.20. The summed E-state index contributed by atoms with van der Waals surface area (Å²) in [5, 5.41) is 0. The van der Waals surface area contributed by atoms with Crippen molar-refractivity contribution in [1.82, 2.24) is 4.90 Å². The summed E-state index contributed by atoms with van der Waals surface area (Å²) < 4.78 is 1.14. The molecule has 0 saturated carbocycles. The van der Waals surface area contributed by atoms with Crippen LogP contribution in [-0.4, -0.2) is 18.5 Å². The van der Waals surface area contributed by atoms with Crippen LogP contribution in [0.4, 0.5) is 5.69 Å². The Labute approximate surface area is 123 Å². The van der Waals surface area contributed by atoms with E-state index in [1.165, 1.54) is 11.1 Å². The Morgan fingerprint density at radius 2 is 1.79 bits per heavy atom. The van der Waals surface area contributed by atoms with Gasteiger partial charge in [-0.1, -0.05) is 40.2 Å². The zero-order valence-corrected chi connectivity index (χ0v) is 12.7. The molecule has 0 aromatic heterocycles. The van der Waals surface area contributed by atoms with Gasteiger partial charge in [0, 0.05) is 23.2 Å². The van der Waals surface area contributed by atoms with Crippen molar-refractivity contribution in [3.8, 4) is 0 Å². The molecule has 0 unspecified atom stereocenters. The van der Waals surface area contributed by atoms with Gasteiger partial charge in [-0.25, -0.2) is 0 Å². The van der Waals surface area contributed by atoms with Gasteiger partial charge in [-0.2, -0.15) is 0 Å². The number of halogens is 1. The zero-order valence-electron chi connectivity index (χ0n) is 11.1. The van der Waals surface area contributed by atoms with Crippen LogP contribution in [0.25, 0.3) is 0 Å². The minimum Gasteiger partial charge on any atom is -0.399 e. The molecule has 2 aromatic rings. The normalized spacial score (nSPS) is 10.9. The summed E-state index contributed by atoms with van der Waals surface area (Å²) in [5.74, 6) is 0. The average Bonchev–Trinajstić information content (AvgIpc) is 2.38. The van der Waals surface area contributed by atoms with Crippen LogP contribution in [0, 0.1) is 0 Å². The molecule has 0 aliphatic heterocycles. The third-order valence-corrected chi connectivity index (χ3v) is 3.60. The predicted octanol–water partition coefficient (Wildman–Crippen LogP) is 3.71. The number of rotatable bonds is 5. The molecule has 0 saturated heterocycles. The second-order valence-corrected chi connectivity index (χ2v) is 5.77. The van der Waals surface area contributed by atoms with Crippen LogP contribution < -0.4 is 5.73 Å². The molecule has 19 heavy (non-hydrogen) atoms. The van der Waals surface area contributed by atoms with Crippen LogP contribution in [0.3, 0.4) is 0 Å². The van der Waals surface area contributed by atoms with Gasteiger partial charge in [0.25, 0.3) is 0 Å². The van der Waals surface area contributed by atoms with Gasteiger partial charge in [-0.15, -0.1) is 0 Å². The highest BCUT2D eigenvalue weighted by Gasteiger charge is 2.01. The lowest BCUT2D eigenvalue weighted by atomic mass is 10.1. The van der Waals surface area contributed by atoms with E-state index in [4.69, 9.17) is 5.73 Å². The topological polar surface area (TPSA) is 29.3 Å². The Morgan fingerprint density at radius 1 is 1.05 bits per heavy atom. The van der Waals surface area contributed by atoms with E-state index in [9.17, 15) is 0 Å². The van der Waals surface area contributed by atoms with E-state index in [0.29, 0.717) is 0 Å². The van der Waals surface area contributed by atoms with E-state index >= 15 is 0 Å². The molecule has 100 valence electrons. The highest BCUT2D eigenvalue weighted by molar-refractivity contribution is 9.10. The van der Waals surface area contributed by atoms with Gasteiger partial charge in [0.1, 0.15) is 0 Å². The minimum atomic E-state index is 0.825. The van der Waals surface area contributed by atoms with Crippen LogP contribution in [0.1, 0.15) is 11.1 Å². The summed E-state index contributed by atoms with van der Waals surface area (Å²) in [7, 11) is 2.15. The summed E-state index contributed by atoms with van der Waals surface area (Å²) in [4.78, 5) is 2.33. The van der Waals surface area contributed by atoms with E-state index in [1.807, 2.05) is 12.1 Å². The summed E-state index contributed by atoms with van der Waals surface area (Å²) >= 11 is 3.50. The molecule has 0 heterocycles. The predicted molar refractivity (Wildman–Crippen MR) is 85.0 cm³/mol. The maximum atomic E-state index is 5.68. The smallest absolute Gasteiger partial charge is 0.0314 e. The number of hydrogen-bond donors (Lipinski definition) is 1. The highest BCUT2D eigenvalue weighted by Crippen LogP contribution is 2.13. The molecule has 3 heteroatoms. The number of hydrogen-bond acceptors (Lipinski definition) is 2. The van der Waals surface area contributed by atoms with E-state index in [1.54, 1.807) is 0 Å². The zero-order chi connectivity index (χ0) is 13.7. The first kappa shape index (κ1) is 14.1. The first-order valence-electron chi connectivity index (χ1n) is 6.41. The average molecular weight is 319 g/mol. The quantitative estimate of drug-likeness (QED) is 0.852. The Kier molecular flexibility index (Phi) is 5.00. The number of anilines is 1. The van der Waals surface area contributed by atoms with Crippen molar-refractivity contribution < 1.29 is 0 Å². The van der Waals surface area contributed by atoms with Gasteiger partial charge in [-0.3, -0.25) is 0 Å². The van der Waals surface area contributed by atoms with Crippen LogP contribution in [0.5, 0.6) is 0 Å². The van der Waals surface area contributed by atoms with E-state index in [2.05, 4.69) is 64.3 Å². The Bertz CT molecular complexity index is 523. The Balaban J connectivity index is 1.84. The molecule has 0 radical (unpaired) electrons. The molecular formula is C16H19BrN2. The van der Waals surface area contributed by atoms with Gasteiger partial charge in [0.15, 0.2) is 0 Å². The standard InChI is InChI=1S/C16H19BrN2/c1-19(12-14-3-2-4-15(17)11-14)10-9-13-5-7-16(18)8-6-13/h2-8,11H,9-10,12,18H2,1H3. The lowest BCUT2D eigenvalue weighted by molar-refractivity contribution is 0.331. The van der Waals surface area contributed by atoms with Crippen LogP contribution >= 0.6 is 15.9 Å². The van der Waals surface area contributed by atoms with Crippen LogP contribution in [0.2, 0.25) is 0 Å². The van der Waals surface area contributed by atoms with E-state index in [-0.39, 0.29) is 0 Å². The SMILES string of the molecule is CN(CCc1ccc(N)cc1)Cc1cccc(Br)c1. The molecule has 2 N–H and O–H groups in total. The van der Waals surface area contributed by atoms with Crippen molar-refractivity contribution in [1.29, 1.82) is 0 Å². The number of nitrogens with two attached hydrogens (primary N) is 1. The van der Waals surface area contributed by atoms with E-state index in [0.717, 1.165) is 29.7 Å². The maximum absolute atomic E-state index is 5.68. The number of nitrogen functional groups attached to an aromatic ring is 1. The second kappa shape index (κ2) is 6.73. The molecule has 0 bridgehead atoms. The van der Waals surface area contributed by atoms with Crippen molar-refractivity contribution in [2.75, 3.05) is 19.3 Å². The molecule has 0 aliphatic rings. The van der Waals surface area contributed by atoms with Gasteiger partial charge < -0.3 is 10.6 Å². The van der Waals surface area contributed by atoms with Gasteiger partial charge in [0.2, 0.25) is 0 Å². The third-order valence-electron chi connectivity index (χ3n) is 3.10. The minimum absolute atomic E-state index is 0.825. The molecule has 0 amide bonds. The van der Waals surface area contributed by atoms with Crippen molar-refractivity contribution in [3.63, 3.8) is 0 Å². The van der Waals surface area contributed by atoms with Crippen molar-refractivity contribution in [3.05, 3.63) is 64.1 Å². The second-order valence-electron chi connectivity index (χ2n) is 4.86. The first-order valence-corrected chi connectivity index (χ1v) is 7.20.